The Hall–Kier alpha value is -1.60. The third kappa shape index (κ3) is 3.42. The number of hydrogen-bond acceptors (Lipinski definition) is 4. The molecule has 24 heavy (non-hydrogen) atoms. The van der Waals surface area contributed by atoms with Crippen LogP contribution in [0.5, 0.6) is 0 Å². The van der Waals surface area contributed by atoms with Crippen LogP contribution in [0, 0.1) is 0 Å². The topological polar surface area (TPSA) is 81.6 Å². The van der Waals surface area contributed by atoms with E-state index in [0.717, 1.165) is 15.7 Å². The third-order valence-electron chi connectivity index (χ3n) is 4.06. The van der Waals surface area contributed by atoms with E-state index in [4.69, 9.17) is 27.8 Å². The summed E-state index contributed by atoms with van der Waals surface area (Å²) in [5, 5.41) is 0.647. The number of carbonyl (C=O) groups excluding carboxylic acids is 1. The molecule has 1 heterocycles. The zero-order valence-corrected chi connectivity index (χ0v) is 15.1. The number of carbonyl (C=O) groups is 1. The number of ether oxygens (including phenoxy) is 1. The van der Waals surface area contributed by atoms with E-state index in [1.165, 1.54) is 0 Å². The molecule has 1 aliphatic rings. The number of hydrogen-bond donors (Lipinski definition) is 2. The number of halogens is 2. The molecule has 3 unspecified atom stereocenters. The van der Waals surface area contributed by atoms with Crippen molar-refractivity contribution < 1.29 is 9.53 Å². The van der Waals surface area contributed by atoms with Crippen LogP contribution >= 0.6 is 27.5 Å². The first kappa shape index (κ1) is 17.2. The van der Waals surface area contributed by atoms with Gasteiger partial charge in [0.15, 0.2) is 0 Å². The van der Waals surface area contributed by atoms with Gasteiger partial charge in [-0.05, 0) is 42.0 Å². The van der Waals surface area contributed by atoms with Crippen LogP contribution in [0.2, 0.25) is 5.02 Å². The number of morpholine rings is 1. The van der Waals surface area contributed by atoms with Crippen LogP contribution in [-0.2, 0) is 9.53 Å². The van der Waals surface area contributed by atoms with Crippen molar-refractivity contribution in [2.24, 2.45) is 11.5 Å². The van der Waals surface area contributed by atoms with Crippen molar-refractivity contribution >= 4 is 39.1 Å². The minimum Gasteiger partial charge on any atom is -0.368 e. The Balaban J connectivity index is 2.06. The largest absolute Gasteiger partial charge is 0.368 e. The maximum absolute atomic E-state index is 12.0. The normalized spacial score (nSPS) is 24.0. The molecule has 2 aromatic carbocycles. The number of amides is 1. The summed E-state index contributed by atoms with van der Waals surface area (Å²) in [5.41, 5.74) is 13.4. The van der Waals surface area contributed by atoms with Gasteiger partial charge in [-0.1, -0.05) is 39.7 Å². The third-order valence-corrected chi connectivity index (χ3v) is 4.84. The van der Waals surface area contributed by atoms with Gasteiger partial charge in [0.25, 0.3) is 0 Å². The van der Waals surface area contributed by atoms with E-state index in [0.29, 0.717) is 11.6 Å². The first-order valence-corrected chi connectivity index (χ1v) is 8.60. The number of anilines is 1. The SMILES string of the molecule is NC(=O)C1C(N)OCC(c2ccc(Cl)cc2)N1c1ccc(Br)cc1. The lowest BCUT2D eigenvalue weighted by atomic mass is 9.99. The first-order chi connectivity index (χ1) is 11.5. The standard InChI is InChI=1S/C17H17BrClN3O2/c18-11-3-7-13(8-4-11)22-14(10-1-5-12(19)6-2-10)9-24-17(21)15(22)16(20)23/h1-8,14-15,17H,9,21H2,(H2,20,23). The summed E-state index contributed by atoms with van der Waals surface area (Å²) in [5.74, 6) is -0.524. The molecular formula is C17H17BrClN3O2. The van der Waals surface area contributed by atoms with Gasteiger partial charge in [-0.25, -0.2) is 0 Å². The molecule has 2 aromatic rings. The van der Waals surface area contributed by atoms with Gasteiger partial charge in [0.2, 0.25) is 5.91 Å². The fourth-order valence-electron chi connectivity index (χ4n) is 2.92. The molecule has 1 aliphatic heterocycles. The number of nitrogens with zero attached hydrogens (tertiary/aromatic N) is 1. The minimum atomic E-state index is -0.783. The molecule has 3 atom stereocenters. The Kier molecular flexibility index (Phi) is 5.10. The number of primary amides is 1. The average Bonchev–Trinajstić information content (AvgIpc) is 2.56. The molecule has 1 fully saturated rings. The van der Waals surface area contributed by atoms with Gasteiger partial charge in [0.05, 0.1) is 12.6 Å². The Labute approximate surface area is 153 Å². The minimum absolute atomic E-state index is 0.194. The highest BCUT2D eigenvalue weighted by Gasteiger charge is 2.40. The van der Waals surface area contributed by atoms with Crippen LogP contribution in [0.25, 0.3) is 0 Å². The van der Waals surface area contributed by atoms with E-state index in [9.17, 15) is 4.79 Å². The van der Waals surface area contributed by atoms with Crippen molar-refractivity contribution in [3.8, 4) is 0 Å². The molecule has 0 radical (unpaired) electrons. The Morgan fingerprint density at radius 2 is 1.79 bits per heavy atom. The lowest BCUT2D eigenvalue weighted by molar-refractivity contribution is -0.125. The van der Waals surface area contributed by atoms with Gasteiger partial charge < -0.3 is 21.1 Å². The highest BCUT2D eigenvalue weighted by molar-refractivity contribution is 9.10. The summed E-state index contributed by atoms with van der Waals surface area (Å²) in [6, 6.07) is 14.1. The Bertz CT molecular complexity index is 724. The quantitative estimate of drug-likeness (QED) is 0.815. The molecule has 3 rings (SSSR count). The monoisotopic (exact) mass is 409 g/mol. The van der Waals surface area contributed by atoms with Gasteiger partial charge >= 0.3 is 0 Å². The van der Waals surface area contributed by atoms with Crippen LogP contribution in [-0.4, -0.2) is 24.8 Å². The molecule has 0 bridgehead atoms. The van der Waals surface area contributed by atoms with Crippen molar-refractivity contribution in [3.63, 3.8) is 0 Å². The first-order valence-electron chi connectivity index (χ1n) is 7.43. The van der Waals surface area contributed by atoms with Gasteiger partial charge in [0, 0.05) is 15.2 Å². The molecule has 126 valence electrons. The second-order valence-corrected chi connectivity index (χ2v) is 6.95. The van der Waals surface area contributed by atoms with Crippen LogP contribution in [0.3, 0.4) is 0 Å². The van der Waals surface area contributed by atoms with Crippen molar-refractivity contribution in [1.29, 1.82) is 0 Å². The smallest absolute Gasteiger partial charge is 0.244 e. The zero-order valence-electron chi connectivity index (χ0n) is 12.7. The van der Waals surface area contributed by atoms with Gasteiger partial charge in [0.1, 0.15) is 12.3 Å². The second kappa shape index (κ2) is 7.11. The zero-order chi connectivity index (χ0) is 17.3. The van der Waals surface area contributed by atoms with Crippen LogP contribution in [0.15, 0.2) is 53.0 Å². The predicted molar refractivity (Wildman–Crippen MR) is 97.7 cm³/mol. The molecule has 0 spiro atoms. The van der Waals surface area contributed by atoms with E-state index < -0.39 is 18.2 Å². The summed E-state index contributed by atoms with van der Waals surface area (Å²) in [4.78, 5) is 14.0. The summed E-state index contributed by atoms with van der Waals surface area (Å²) < 4.78 is 6.56. The van der Waals surface area contributed by atoms with Crippen LogP contribution in [0.4, 0.5) is 5.69 Å². The lowest BCUT2D eigenvalue weighted by Crippen LogP contribution is -2.61. The highest BCUT2D eigenvalue weighted by Crippen LogP contribution is 2.35. The molecule has 1 saturated heterocycles. The Morgan fingerprint density at radius 1 is 1.17 bits per heavy atom. The fraction of sp³-hybridized carbons (Fsp3) is 0.235. The van der Waals surface area contributed by atoms with E-state index in [2.05, 4.69) is 15.9 Å². The summed E-state index contributed by atoms with van der Waals surface area (Å²) in [6.07, 6.45) is -0.783. The summed E-state index contributed by atoms with van der Waals surface area (Å²) >= 11 is 9.40. The fourth-order valence-corrected chi connectivity index (χ4v) is 3.31. The van der Waals surface area contributed by atoms with Crippen molar-refractivity contribution in [2.45, 2.75) is 18.3 Å². The molecule has 1 amide bonds. The van der Waals surface area contributed by atoms with Crippen LogP contribution < -0.4 is 16.4 Å². The number of nitrogens with two attached hydrogens (primary N) is 2. The number of rotatable bonds is 3. The van der Waals surface area contributed by atoms with E-state index in [1.807, 2.05) is 53.4 Å². The number of benzene rings is 2. The Morgan fingerprint density at radius 3 is 2.38 bits per heavy atom. The average molecular weight is 411 g/mol. The van der Waals surface area contributed by atoms with E-state index in [1.54, 1.807) is 0 Å². The maximum Gasteiger partial charge on any atom is 0.244 e. The lowest BCUT2D eigenvalue weighted by Gasteiger charge is -2.45. The van der Waals surface area contributed by atoms with Crippen molar-refractivity contribution in [1.82, 2.24) is 0 Å². The van der Waals surface area contributed by atoms with E-state index >= 15 is 0 Å². The van der Waals surface area contributed by atoms with Gasteiger partial charge in [-0.2, -0.15) is 0 Å². The van der Waals surface area contributed by atoms with Crippen LogP contribution in [0.1, 0.15) is 11.6 Å². The van der Waals surface area contributed by atoms with Gasteiger partial charge in [-0.15, -0.1) is 0 Å². The van der Waals surface area contributed by atoms with Crippen molar-refractivity contribution in [3.05, 3.63) is 63.6 Å². The molecule has 4 N–H and O–H groups in total. The molecule has 5 nitrogen and oxygen atoms in total. The summed E-state index contributed by atoms with van der Waals surface area (Å²) in [6.45, 7) is 0.350. The van der Waals surface area contributed by atoms with Crippen molar-refractivity contribution in [2.75, 3.05) is 11.5 Å². The summed E-state index contributed by atoms with van der Waals surface area (Å²) in [7, 11) is 0. The van der Waals surface area contributed by atoms with E-state index in [-0.39, 0.29) is 6.04 Å². The molecule has 0 saturated carbocycles. The van der Waals surface area contributed by atoms with Gasteiger partial charge in [-0.3, -0.25) is 4.79 Å². The molecular weight excluding hydrogens is 394 g/mol. The highest BCUT2D eigenvalue weighted by atomic mass is 79.9. The molecule has 0 aromatic heterocycles. The maximum atomic E-state index is 12.0. The molecule has 7 heteroatoms. The molecule has 0 aliphatic carbocycles. The predicted octanol–water partition coefficient (Wildman–Crippen LogP) is 2.82. The second-order valence-electron chi connectivity index (χ2n) is 5.60.